The van der Waals surface area contributed by atoms with Crippen molar-refractivity contribution in [2.45, 2.75) is 6.92 Å². The van der Waals surface area contributed by atoms with Crippen LogP contribution in [0.5, 0.6) is 0 Å². The van der Waals surface area contributed by atoms with Crippen molar-refractivity contribution in [1.29, 1.82) is 5.26 Å². The summed E-state index contributed by atoms with van der Waals surface area (Å²) in [4.78, 5) is 10.6. The molecular formula is C11H9NO. The van der Waals surface area contributed by atoms with Gasteiger partial charge >= 0.3 is 0 Å². The molecule has 0 heterocycles. The summed E-state index contributed by atoms with van der Waals surface area (Å²) in [5.74, 6) is -0.526. The number of benzene rings is 1. The monoisotopic (exact) mass is 171 g/mol. The first-order valence-electron chi connectivity index (χ1n) is 3.91. The minimum atomic E-state index is -0.526. The van der Waals surface area contributed by atoms with E-state index in [2.05, 4.69) is 0 Å². The van der Waals surface area contributed by atoms with Crippen molar-refractivity contribution in [1.82, 2.24) is 0 Å². The highest BCUT2D eigenvalue weighted by atomic mass is 16.1. The first-order valence-corrected chi connectivity index (χ1v) is 3.91. The molecule has 0 amide bonds. The molecule has 1 rings (SSSR count). The number of carbonyl (C=O) groups excluding carboxylic acids is 1. The van der Waals surface area contributed by atoms with Crippen LogP contribution in [0.15, 0.2) is 30.3 Å². The molecule has 0 aliphatic carbocycles. The van der Waals surface area contributed by atoms with Crippen molar-refractivity contribution in [3.63, 3.8) is 0 Å². The lowest BCUT2D eigenvalue weighted by atomic mass is 10.1. The van der Waals surface area contributed by atoms with Crippen molar-refractivity contribution >= 4 is 11.9 Å². The molecule has 0 bridgehead atoms. The topological polar surface area (TPSA) is 40.9 Å². The zero-order valence-corrected chi connectivity index (χ0v) is 7.32. The van der Waals surface area contributed by atoms with E-state index in [9.17, 15) is 4.79 Å². The maximum absolute atomic E-state index is 10.6. The van der Waals surface area contributed by atoms with Crippen LogP contribution in [0.1, 0.15) is 11.1 Å². The summed E-state index contributed by atoms with van der Waals surface area (Å²) in [6, 6.07) is 9.24. The Kier molecular flexibility index (Phi) is 2.99. The highest BCUT2D eigenvalue weighted by Gasteiger charge is 1.91. The molecule has 0 saturated heterocycles. The summed E-state index contributed by atoms with van der Waals surface area (Å²) < 4.78 is 0. The largest absolute Gasteiger partial charge is 0.278 e. The molecule has 13 heavy (non-hydrogen) atoms. The van der Waals surface area contributed by atoms with Gasteiger partial charge in [-0.15, -0.1) is 0 Å². The molecule has 0 aromatic heterocycles. The van der Waals surface area contributed by atoms with Gasteiger partial charge in [0.15, 0.2) is 0 Å². The molecule has 0 aliphatic rings. The summed E-state index contributed by atoms with van der Waals surface area (Å²) in [5, 5.41) is 8.22. The van der Waals surface area contributed by atoms with Crippen LogP contribution >= 0.6 is 0 Å². The Morgan fingerprint density at radius 2 is 2.31 bits per heavy atom. The lowest BCUT2D eigenvalue weighted by Gasteiger charge is -1.93. The summed E-state index contributed by atoms with van der Waals surface area (Å²) in [5.41, 5.74) is 2.06. The van der Waals surface area contributed by atoms with Crippen molar-refractivity contribution in [3.05, 3.63) is 41.5 Å². The van der Waals surface area contributed by atoms with Gasteiger partial charge < -0.3 is 0 Å². The first kappa shape index (κ1) is 9.21. The normalized spacial score (nSPS) is 9.85. The third-order valence-electron chi connectivity index (χ3n) is 1.58. The van der Waals surface area contributed by atoms with E-state index in [-0.39, 0.29) is 0 Å². The van der Waals surface area contributed by atoms with Gasteiger partial charge in [-0.05, 0) is 18.6 Å². The molecule has 0 N–H and O–H groups in total. The molecule has 0 spiro atoms. The van der Waals surface area contributed by atoms with E-state index in [0.717, 1.165) is 11.1 Å². The molecule has 0 atom stereocenters. The fraction of sp³-hybridized carbons (Fsp3) is 0.0909. The molecule has 0 unspecified atom stereocenters. The molecule has 0 radical (unpaired) electrons. The summed E-state index contributed by atoms with van der Waals surface area (Å²) in [6.45, 7) is 1.98. The molecule has 1 aromatic rings. The minimum Gasteiger partial charge on any atom is -0.278 e. The third kappa shape index (κ3) is 2.92. The van der Waals surface area contributed by atoms with E-state index >= 15 is 0 Å². The third-order valence-corrected chi connectivity index (χ3v) is 1.58. The van der Waals surface area contributed by atoms with Crippen molar-refractivity contribution < 1.29 is 4.79 Å². The number of hydrogen-bond acceptors (Lipinski definition) is 2. The number of aryl methyl sites for hydroxylation is 1. The predicted molar refractivity (Wildman–Crippen MR) is 50.8 cm³/mol. The van der Waals surface area contributed by atoms with Gasteiger partial charge in [0.05, 0.1) is 0 Å². The average Bonchev–Trinajstić information content (AvgIpc) is 2.14. The zero-order valence-electron chi connectivity index (χ0n) is 7.32. The number of carbonyl (C=O) groups is 1. The van der Waals surface area contributed by atoms with Gasteiger partial charge in [0.1, 0.15) is 6.07 Å². The van der Waals surface area contributed by atoms with E-state index < -0.39 is 5.78 Å². The second-order valence-corrected chi connectivity index (χ2v) is 2.72. The first-order chi connectivity index (χ1) is 6.22. The van der Waals surface area contributed by atoms with Crippen LogP contribution in [-0.4, -0.2) is 5.78 Å². The van der Waals surface area contributed by atoms with Gasteiger partial charge in [-0.3, -0.25) is 4.79 Å². The van der Waals surface area contributed by atoms with Gasteiger partial charge in [0.25, 0.3) is 5.78 Å². The average molecular weight is 171 g/mol. The summed E-state index contributed by atoms with van der Waals surface area (Å²) in [6.07, 6.45) is 2.91. The Morgan fingerprint density at radius 3 is 2.92 bits per heavy atom. The van der Waals surface area contributed by atoms with E-state index in [1.165, 1.54) is 12.1 Å². The van der Waals surface area contributed by atoms with Crippen molar-refractivity contribution in [3.8, 4) is 6.07 Å². The molecule has 0 saturated carbocycles. The Labute approximate surface area is 77.1 Å². The summed E-state index contributed by atoms with van der Waals surface area (Å²) in [7, 11) is 0. The van der Waals surface area contributed by atoms with Gasteiger partial charge in [0, 0.05) is 0 Å². The predicted octanol–water partition coefficient (Wildman–Crippen LogP) is 2.10. The van der Waals surface area contributed by atoms with Crippen LogP contribution in [0.2, 0.25) is 0 Å². The lowest BCUT2D eigenvalue weighted by molar-refractivity contribution is -0.109. The highest BCUT2D eigenvalue weighted by molar-refractivity contribution is 6.04. The second kappa shape index (κ2) is 4.22. The van der Waals surface area contributed by atoms with Gasteiger partial charge in [-0.1, -0.05) is 35.9 Å². The van der Waals surface area contributed by atoms with Crippen molar-refractivity contribution in [2.24, 2.45) is 0 Å². The number of nitriles is 1. The van der Waals surface area contributed by atoms with E-state index in [1.807, 2.05) is 31.2 Å². The Morgan fingerprint density at radius 1 is 1.54 bits per heavy atom. The molecular weight excluding hydrogens is 162 g/mol. The number of allylic oxidation sites excluding steroid dienone is 1. The van der Waals surface area contributed by atoms with Crippen LogP contribution in [0.25, 0.3) is 6.08 Å². The van der Waals surface area contributed by atoms with E-state index in [0.29, 0.717) is 0 Å². The minimum absolute atomic E-state index is 0.526. The van der Waals surface area contributed by atoms with Gasteiger partial charge in [0.2, 0.25) is 0 Å². The van der Waals surface area contributed by atoms with Crippen LogP contribution in [-0.2, 0) is 4.79 Å². The lowest BCUT2D eigenvalue weighted by Crippen LogP contribution is -1.83. The quantitative estimate of drug-likeness (QED) is 0.505. The van der Waals surface area contributed by atoms with E-state index in [4.69, 9.17) is 5.26 Å². The summed E-state index contributed by atoms with van der Waals surface area (Å²) >= 11 is 0. The molecule has 0 fully saturated rings. The van der Waals surface area contributed by atoms with Crippen molar-refractivity contribution in [2.75, 3.05) is 0 Å². The van der Waals surface area contributed by atoms with Crippen LogP contribution in [0.4, 0.5) is 0 Å². The maximum Gasteiger partial charge on any atom is 0.255 e. The Bertz CT molecular complexity index is 385. The van der Waals surface area contributed by atoms with Gasteiger partial charge in [-0.2, -0.15) is 5.26 Å². The van der Waals surface area contributed by atoms with Crippen LogP contribution in [0.3, 0.4) is 0 Å². The highest BCUT2D eigenvalue weighted by Crippen LogP contribution is 2.05. The molecule has 2 nitrogen and oxygen atoms in total. The SMILES string of the molecule is Cc1cccc(/C=C/C(=O)C#N)c1. The second-order valence-electron chi connectivity index (χ2n) is 2.72. The van der Waals surface area contributed by atoms with Crippen LogP contribution in [0, 0.1) is 18.3 Å². The maximum atomic E-state index is 10.6. The smallest absolute Gasteiger partial charge is 0.255 e. The number of rotatable bonds is 2. The number of nitrogens with zero attached hydrogens (tertiary/aromatic N) is 1. The molecule has 1 aromatic carbocycles. The molecule has 0 aliphatic heterocycles. The Balaban J connectivity index is 2.81. The number of hydrogen-bond donors (Lipinski definition) is 0. The standard InChI is InChI=1S/C11H9NO/c1-9-3-2-4-10(7-9)5-6-11(13)8-12/h2-7H,1H3/b6-5+. The molecule has 64 valence electrons. The van der Waals surface area contributed by atoms with Crippen LogP contribution < -0.4 is 0 Å². The van der Waals surface area contributed by atoms with E-state index in [1.54, 1.807) is 6.08 Å². The molecule has 2 heteroatoms. The number of ketones is 1. The fourth-order valence-corrected chi connectivity index (χ4v) is 0.983. The fourth-order valence-electron chi connectivity index (χ4n) is 0.983. The Hall–Kier alpha value is -1.88. The van der Waals surface area contributed by atoms with Gasteiger partial charge in [-0.25, -0.2) is 0 Å². The zero-order chi connectivity index (χ0) is 9.68.